The predicted octanol–water partition coefficient (Wildman–Crippen LogP) is 12.0. The van der Waals surface area contributed by atoms with E-state index in [1.165, 1.54) is 54.7 Å². The SMILES string of the molecule is c1ccc(-c2ccccc2)cc1.c1ccc2[nH]ccc2c1.c1ccc2[nH]ccc2c1.c1ccc2[nH]ccc2c1.c1ccc2[nH]ccc2c1. The van der Waals surface area contributed by atoms with Crippen molar-refractivity contribution in [3.8, 4) is 11.1 Å². The second-order valence-electron chi connectivity index (χ2n) is 11.0. The minimum absolute atomic E-state index is 1.21. The van der Waals surface area contributed by atoms with E-state index in [4.69, 9.17) is 0 Å². The van der Waals surface area contributed by atoms with E-state index in [-0.39, 0.29) is 0 Å². The lowest BCUT2D eigenvalue weighted by Gasteiger charge is -1.98. The fraction of sp³-hybridized carbons (Fsp3) is 0. The Morgan fingerprint density at radius 2 is 0.438 bits per heavy atom. The van der Waals surface area contributed by atoms with E-state index in [2.05, 4.69) is 141 Å². The van der Waals surface area contributed by atoms with Gasteiger partial charge in [0.05, 0.1) is 0 Å². The van der Waals surface area contributed by atoms with Crippen molar-refractivity contribution in [2.45, 2.75) is 0 Å². The molecule has 234 valence electrons. The predicted molar refractivity (Wildman–Crippen MR) is 205 cm³/mol. The number of hydrogen-bond acceptors (Lipinski definition) is 0. The van der Waals surface area contributed by atoms with Gasteiger partial charge in [-0.2, -0.15) is 0 Å². The molecule has 48 heavy (non-hydrogen) atoms. The standard InChI is InChI=1S/C12H10.4C8H7N/c1-3-7-11(8-4-1)12-9-5-2-6-10-12;4*1-2-4-8-7(3-1)5-6-9-8/h1-10H;4*1-6,9H. The molecule has 0 saturated heterocycles. The number of rotatable bonds is 1. The molecule has 0 aliphatic carbocycles. The molecule has 10 aromatic rings. The maximum atomic E-state index is 3.12. The highest BCUT2D eigenvalue weighted by molar-refractivity contribution is 5.80. The highest BCUT2D eigenvalue weighted by atomic mass is 14.7. The number of hydrogen-bond donors (Lipinski definition) is 4. The topological polar surface area (TPSA) is 63.2 Å². The summed E-state index contributed by atoms with van der Waals surface area (Å²) in [6.07, 6.45) is 7.80. The van der Waals surface area contributed by atoms with Gasteiger partial charge in [0.1, 0.15) is 0 Å². The van der Waals surface area contributed by atoms with Crippen molar-refractivity contribution >= 4 is 43.6 Å². The van der Waals surface area contributed by atoms with Gasteiger partial charge in [-0.05, 0) is 81.2 Å². The first-order valence-electron chi connectivity index (χ1n) is 16.0. The molecule has 6 aromatic carbocycles. The molecular formula is C44H38N4. The van der Waals surface area contributed by atoms with Crippen LogP contribution in [0.4, 0.5) is 0 Å². The third-order valence-corrected chi connectivity index (χ3v) is 7.73. The van der Waals surface area contributed by atoms with Crippen molar-refractivity contribution in [2.24, 2.45) is 0 Å². The number of fused-ring (bicyclic) bond motifs is 4. The maximum absolute atomic E-state index is 3.12. The summed E-state index contributed by atoms with van der Waals surface area (Å²) >= 11 is 0. The van der Waals surface area contributed by atoms with Gasteiger partial charge >= 0.3 is 0 Å². The third kappa shape index (κ3) is 8.81. The van der Waals surface area contributed by atoms with Crippen molar-refractivity contribution in [1.82, 2.24) is 19.9 Å². The normalized spacial score (nSPS) is 10.1. The molecule has 4 N–H and O–H groups in total. The van der Waals surface area contributed by atoms with Gasteiger partial charge in [-0.15, -0.1) is 0 Å². The summed E-state index contributed by atoms with van der Waals surface area (Å²) < 4.78 is 0. The van der Waals surface area contributed by atoms with E-state index >= 15 is 0 Å². The molecule has 4 nitrogen and oxygen atoms in total. The van der Waals surface area contributed by atoms with E-state index < -0.39 is 0 Å². The number of aromatic amines is 4. The Bertz CT molecular complexity index is 1940. The molecule has 0 spiro atoms. The van der Waals surface area contributed by atoms with Gasteiger partial charge in [-0.1, -0.05) is 133 Å². The zero-order valence-corrected chi connectivity index (χ0v) is 26.6. The average Bonchev–Trinajstić information content (AvgIpc) is 4.00. The van der Waals surface area contributed by atoms with Gasteiger partial charge in [0.15, 0.2) is 0 Å². The third-order valence-electron chi connectivity index (χ3n) is 7.73. The van der Waals surface area contributed by atoms with E-state index in [1.807, 2.05) is 85.5 Å². The summed E-state index contributed by atoms with van der Waals surface area (Å²) in [4.78, 5) is 12.5. The number of H-pyrrole nitrogens is 4. The van der Waals surface area contributed by atoms with Crippen LogP contribution in [-0.4, -0.2) is 19.9 Å². The number of nitrogens with one attached hydrogen (secondary N) is 4. The van der Waals surface area contributed by atoms with Crippen LogP contribution in [0.3, 0.4) is 0 Å². The van der Waals surface area contributed by atoms with Gasteiger partial charge < -0.3 is 19.9 Å². The Balaban J connectivity index is 0.000000105. The molecule has 4 heterocycles. The molecule has 0 aliphatic rings. The molecule has 0 fully saturated rings. The first kappa shape index (κ1) is 31.5. The molecule has 0 bridgehead atoms. The first-order valence-corrected chi connectivity index (χ1v) is 16.0. The summed E-state index contributed by atoms with van der Waals surface area (Å²) in [6.45, 7) is 0. The highest BCUT2D eigenvalue weighted by Gasteiger charge is 1.92. The number of benzene rings is 6. The van der Waals surface area contributed by atoms with Crippen LogP contribution in [0, 0.1) is 0 Å². The van der Waals surface area contributed by atoms with Crippen molar-refractivity contribution < 1.29 is 0 Å². The van der Waals surface area contributed by atoms with Crippen LogP contribution in [0.1, 0.15) is 0 Å². The van der Waals surface area contributed by atoms with Gasteiger partial charge in [-0.25, -0.2) is 0 Å². The van der Waals surface area contributed by atoms with Crippen LogP contribution < -0.4 is 0 Å². The van der Waals surface area contributed by atoms with Crippen molar-refractivity contribution in [2.75, 3.05) is 0 Å². The summed E-state index contributed by atoms with van der Waals surface area (Å²) in [7, 11) is 0. The lowest BCUT2D eigenvalue weighted by molar-refractivity contribution is 1.48. The van der Waals surface area contributed by atoms with Gasteiger partial charge in [0.2, 0.25) is 0 Å². The fourth-order valence-corrected chi connectivity index (χ4v) is 5.24. The molecule has 0 amide bonds. The van der Waals surface area contributed by atoms with Crippen LogP contribution in [0.15, 0.2) is 207 Å². The quantitative estimate of drug-likeness (QED) is 0.141. The van der Waals surface area contributed by atoms with Crippen molar-refractivity contribution in [1.29, 1.82) is 0 Å². The molecule has 0 radical (unpaired) electrons. The molecule has 0 aliphatic heterocycles. The van der Waals surface area contributed by atoms with Gasteiger partial charge in [0.25, 0.3) is 0 Å². The van der Waals surface area contributed by atoms with E-state index in [0.717, 1.165) is 0 Å². The van der Waals surface area contributed by atoms with E-state index in [1.54, 1.807) is 0 Å². The fourth-order valence-electron chi connectivity index (χ4n) is 5.24. The molecule has 0 unspecified atom stereocenters. The van der Waals surface area contributed by atoms with Crippen LogP contribution >= 0.6 is 0 Å². The lowest BCUT2D eigenvalue weighted by atomic mass is 10.1. The smallest absolute Gasteiger partial charge is 0.0453 e. The largest absolute Gasteiger partial charge is 0.361 e. The Morgan fingerprint density at radius 3 is 0.688 bits per heavy atom. The second-order valence-corrected chi connectivity index (χ2v) is 11.0. The molecule has 0 saturated carbocycles. The monoisotopic (exact) mass is 622 g/mol. The maximum Gasteiger partial charge on any atom is 0.0453 e. The molecule has 4 heteroatoms. The Kier molecular flexibility index (Phi) is 10.9. The summed E-state index contributed by atoms with van der Waals surface area (Å²) in [5.74, 6) is 0. The van der Waals surface area contributed by atoms with Crippen molar-refractivity contribution in [3.05, 3.63) is 207 Å². The molecular weight excluding hydrogens is 585 g/mol. The Morgan fingerprint density at radius 1 is 0.208 bits per heavy atom. The lowest BCUT2D eigenvalue weighted by Crippen LogP contribution is -1.73. The van der Waals surface area contributed by atoms with Crippen LogP contribution in [0.5, 0.6) is 0 Å². The summed E-state index contributed by atoms with van der Waals surface area (Å²) in [5, 5.41) is 5.10. The summed E-state index contributed by atoms with van der Waals surface area (Å²) in [5.41, 5.74) is 7.38. The van der Waals surface area contributed by atoms with Crippen LogP contribution in [0.2, 0.25) is 0 Å². The average molecular weight is 623 g/mol. The first-order chi connectivity index (χ1) is 23.8. The second kappa shape index (κ2) is 16.7. The van der Waals surface area contributed by atoms with E-state index in [9.17, 15) is 0 Å². The Labute approximate surface area is 280 Å². The van der Waals surface area contributed by atoms with Crippen molar-refractivity contribution in [3.63, 3.8) is 0 Å². The molecule has 10 rings (SSSR count). The zero-order valence-electron chi connectivity index (χ0n) is 26.6. The Hall–Kier alpha value is -6.52. The summed E-state index contributed by atoms with van der Waals surface area (Å²) in [6, 6.07) is 61.9. The highest BCUT2D eigenvalue weighted by Crippen LogP contribution is 2.17. The minimum Gasteiger partial charge on any atom is -0.361 e. The van der Waals surface area contributed by atoms with E-state index in [0.29, 0.717) is 0 Å². The van der Waals surface area contributed by atoms with Gasteiger partial charge in [-0.3, -0.25) is 0 Å². The van der Waals surface area contributed by atoms with Gasteiger partial charge in [0, 0.05) is 46.9 Å². The minimum atomic E-state index is 1.21. The molecule has 4 aromatic heterocycles. The van der Waals surface area contributed by atoms with Crippen LogP contribution in [-0.2, 0) is 0 Å². The number of aromatic nitrogens is 4. The van der Waals surface area contributed by atoms with Crippen LogP contribution in [0.25, 0.3) is 54.7 Å². The molecule has 0 atom stereocenters. The zero-order chi connectivity index (χ0) is 32.6. The number of para-hydroxylation sites is 4.